The van der Waals surface area contributed by atoms with Crippen molar-refractivity contribution >= 4 is 23.2 Å². The van der Waals surface area contributed by atoms with Gasteiger partial charge in [-0.1, -0.05) is 48.7 Å². The van der Waals surface area contributed by atoms with Crippen LogP contribution in [0.15, 0.2) is 42.5 Å². The molecule has 0 aromatic heterocycles. The summed E-state index contributed by atoms with van der Waals surface area (Å²) in [5.41, 5.74) is 5.32. The van der Waals surface area contributed by atoms with Crippen LogP contribution in [0.5, 0.6) is 0 Å². The van der Waals surface area contributed by atoms with E-state index in [1.54, 1.807) is 0 Å². The molecule has 1 fully saturated rings. The molecule has 2 atom stereocenters. The van der Waals surface area contributed by atoms with Crippen molar-refractivity contribution in [3.63, 3.8) is 0 Å². The van der Waals surface area contributed by atoms with Crippen molar-refractivity contribution < 1.29 is 9.59 Å². The van der Waals surface area contributed by atoms with E-state index in [9.17, 15) is 9.59 Å². The summed E-state index contributed by atoms with van der Waals surface area (Å²) in [5, 5.41) is 3.09. The van der Waals surface area contributed by atoms with E-state index in [2.05, 4.69) is 17.4 Å². The standard InChI is InChI=1S/C24H28N2O2/c1-16-11-12-21(17(2)15-16)25-23(27)19-8-4-5-9-20(19)24(28)26-14-13-18-7-3-6-10-22(18)26/h3,6-7,10-12,15,19-20H,4-5,8-9,13-14H2,1-2H3,(H,25,27). The number of hydrogen-bond acceptors (Lipinski definition) is 2. The molecule has 2 unspecified atom stereocenters. The molecule has 146 valence electrons. The van der Waals surface area contributed by atoms with Gasteiger partial charge in [0.2, 0.25) is 11.8 Å². The monoisotopic (exact) mass is 376 g/mol. The molecule has 0 radical (unpaired) electrons. The minimum absolute atomic E-state index is 0.0162. The van der Waals surface area contributed by atoms with Crippen molar-refractivity contribution in [3.05, 3.63) is 59.2 Å². The fraction of sp³-hybridized carbons (Fsp3) is 0.417. The molecule has 4 rings (SSSR count). The van der Waals surface area contributed by atoms with Crippen LogP contribution in [0.3, 0.4) is 0 Å². The minimum Gasteiger partial charge on any atom is -0.326 e. The third-order valence-electron chi connectivity index (χ3n) is 6.21. The predicted octanol–water partition coefficient (Wildman–Crippen LogP) is 4.64. The van der Waals surface area contributed by atoms with Gasteiger partial charge in [-0.15, -0.1) is 0 Å². The molecular formula is C24H28N2O2. The Labute approximate surface area is 166 Å². The van der Waals surface area contributed by atoms with Gasteiger partial charge in [-0.25, -0.2) is 0 Å². The lowest BCUT2D eigenvalue weighted by Crippen LogP contribution is -2.43. The molecule has 2 aromatic carbocycles. The Morgan fingerprint density at radius 3 is 2.54 bits per heavy atom. The second-order valence-corrected chi connectivity index (χ2v) is 8.17. The van der Waals surface area contributed by atoms with Crippen LogP contribution in [0.25, 0.3) is 0 Å². The number of nitrogens with one attached hydrogen (secondary N) is 1. The Kier molecular flexibility index (Phi) is 5.21. The minimum atomic E-state index is -0.255. The molecule has 1 aliphatic carbocycles. The van der Waals surface area contributed by atoms with Crippen LogP contribution in [0.1, 0.15) is 42.4 Å². The average Bonchev–Trinajstić information content (AvgIpc) is 3.13. The number of hydrogen-bond donors (Lipinski definition) is 1. The lowest BCUT2D eigenvalue weighted by atomic mass is 9.77. The van der Waals surface area contributed by atoms with E-state index in [4.69, 9.17) is 0 Å². The number of amides is 2. The summed E-state index contributed by atoms with van der Waals surface area (Å²) in [6.07, 6.45) is 4.49. The van der Waals surface area contributed by atoms with Gasteiger partial charge in [0, 0.05) is 23.8 Å². The molecule has 28 heavy (non-hydrogen) atoms. The number of fused-ring (bicyclic) bond motifs is 1. The van der Waals surface area contributed by atoms with Crippen LogP contribution >= 0.6 is 0 Å². The fourth-order valence-corrected chi connectivity index (χ4v) is 4.69. The number of rotatable bonds is 3. The van der Waals surface area contributed by atoms with E-state index in [0.717, 1.165) is 55.6 Å². The van der Waals surface area contributed by atoms with E-state index in [0.29, 0.717) is 0 Å². The Morgan fingerprint density at radius 2 is 1.75 bits per heavy atom. The van der Waals surface area contributed by atoms with Crippen molar-refractivity contribution in [1.82, 2.24) is 0 Å². The van der Waals surface area contributed by atoms with Crippen molar-refractivity contribution in [3.8, 4) is 0 Å². The molecular weight excluding hydrogens is 348 g/mol. The zero-order valence-corrected chi connectivity index (χ0v) is 16.7. The Bertz CT molecular complexity index is 905. The Morgan fingerprint density at radius 1 is 1.00 bits per heavy atom. The molecule has 2 amide bonds. The Balaban J connectivity index is 1.53. The normalized spacial score (nSPS) is 21.3. The van der Waals surface area contributed by atoms with Crippen LogP contribution < -0.4 is 10.2 Å². The molecule has 1 saturated carbocycles. The van der Waals surface area contributed by atoms with Gasteiger partial charge in [0.1, 0.15) is 0 Å². The molecule has 1 aliphatic heterocycles. The highest BCUT2D eigenvalue weighted by molar-refractivity contribution is 6.02. The first kappa shape index (κ1) is 18.7. The molecule has 4 nitrogen and oxygen atoms in total. The summed E-state index contributed by atoms with van der Waals surface area (Å²) in [6.45, 7) is 4.77. The molecule has 0 spiro atoms. The molecule has 4 heteroatoms. The van der Waals surface area contributed by atoms with Crippen LogP contribution in [0.4, 0.5) is 11.4 Å². The van der Waals surface area contributed by atoms with Gasteiger partial charge in [-0.05, 0) is 56.4 Å². The van der Waals surface area contributed by atoms with Crippen LogP contribution in [-0.2, 0) is 16.0 Å². The quantitative estimate of drug-likeness (QED) is 0.848. The molecule has 2 aromatic rings. The van der Waals surface area contributed by atoms with Crippen molar-refractivity contribution in [1.29, 1.82) is 0 Å². The summed E-state index contributed by atoms with van der Waals surface area (Å²) in [7, 11) is 0. The SMILES string of the molecule is Cc1ccc(NC(=O)C2CCCCC2C(=O)N2CCc3ccccc32)c(C)c1. The van der Waals surface area contributed by atoms with Crippen LogP contribution in [0, 0.1) is 25.7 Å². The van der Waals surface area contributed by atoms with E-state index in [1.165, 1.54) is 11.1 Å². The maximum absolute atomic E-state index is 13.4. The molecule has 0 bridgehead atoms. The summed E-state index contributed by atoms with van der Waals surface area (Å²) >= 11 is 0. The van der Waals surface area contributed by atoms with E-state index >= 15 is 0 Å². The van der Waals surface area contributed by atoms with Crippen molar-refractivity contribution in [2.24, 2.45) is 11.8 Å². The van der Waals surface area contributed by atoms with Crippen LogP contribution in [0.2, 0.25) is 0 Å². The lowest BCUT2D eigenvalue weighted by molar-refractivity contribution is -0.132. The number of benzene rings is 2. The zero-order chi connectivity index (χ0) is 19.7. The first-order valence-corrected chi connectivity index (χ1v) is 10.3. The summed E-state index contributed by atoms with van der Waals surface area (Å²) in [6, 6.07) is 14.2. The molecule has 0 saturated heterocycles. The number of anilines is 2. The molecule has 1 N–H and O–H groups in total. The van der Waals surface area contributed by atoms with Gasteiger partial charge in [-0.2, -0.15) is 0 Å². The van der Waals surface area contributed by atoms with E-state index < -0.39 is 0 Å². The van der Waals surface area contributed by atoms with Crippen molar-refractivity contribution in [2.75, 3.05) is 16.8 Å². The van der Waals surface area contributed by atoms with Crippen molar-refractivity contribution in [2.45, 2.75) is 46.0 Å². The van der Waals surface area contributed by atoms with Gasteiger partial charge in [0.15, 0.2) is 0 Å². The summed E-state index contributed by atoms with van der Waals surface area (Å²) in [5.74, 6) is -0.386. The lowest BCUT2D eigenvalue weighted by Gasteiger charge is -2.33. The van der Waals surface area contributed by atoms with Gasteiger partial charge in [0.25, 0.3) is 0 Å². The number of nitrogens with zero attached hydrogens (tertiary/aromatic N) is 1. The largest absolute Gasteiger partial charge is 0.326 e. The molecule has 1 heterocycles. The highest BCUT2D eigenvalue weighted by Gasteiger charge is 2.39. The zero-order valence-electron chi connectivity index (χ0n) is 16.7. The topological polar surface area (TPSA) is 49.4 Å². The third-order valence-corrected chi connectivity index (χ3v) is 6.21. The predicted molar refractivity (Wildman–Crippen MR) is 112 cm³/mol. The van der Waals surface area contributed by atoms with Gasteiger partial charge in [-0.3, -0.25) is 9.59 Å². The smallest absolute Gasteiger partial charge is 0.230 e. The maximum atomic E-state index is 13.4. The highest BCUT2D eigenvalue weighted by Crippen LogP contribution is 2.36. The first-order valence-electron chi connectivity index (χ1n) is 10.3. The Hall–Kier alpha value is -2.62. The summed E-state index contributed by atoms with van der Waals surface area (Å²) in [4.78, 5) is 28.4. The van der Waals surface area contributed by atoms with E-state index in [-0.39, 0.29) is 23.7 Å². The first-order chi connectivity index (χ1) is 13.5. The second kappa shape index (κ2) is 7.78. The average molecular weight is 377 g/mol. The highest BCUT2D eigenvalue weighted by atomic mass is 16.2. The van der Waals surface area contributed by atoms with Gasteiger partial charge >= 0.3 is 0 Å². The second-order valence-electron chi connectivity index (χ2n) is 8.17. The fourth-order valence-electron chi connectivity index (χ4n) is 4.69. The number of para-hydroxylation sites is 1. The van der Waals surface area contributed by atoms with Gasteiger partial charge < -0.3 is 10.2 Å². The number of carbonyl (C=O) groups excluding carboxylic acids is 2. The van der Waals surface area contributed by atoms with Crippen LogP contribution in [-0.4, -0.2) is 18.4 Å². The number of carbonyl (C=O) groups is 2. The van der Waals surface area contributed by atoms with Gasteiger partial charge in [0.05, 0.1) is 5.92 Å². The van der Waals surface area contributed by atoms with E-state index in [1.807, 2.05) is 49.1 Å². The number of aryl methyl sites for hydroxylation is 2. The maximum Gasteiger partial charge on any atom is 0.230 e. The third kappa shape index (κ3) is 3.56. The summed E-state index contributed by atoms with van der Waals surface area (Å²) < 4.78 is 0. The molecule has 2 aliphatic rings.